The Morgan fingerprint density at radius 2 is 2.17 bits per heavy atom. The zero-order chi connectivity index (χ0) is 17.0. The summed E-state index contributed by atoms with van der Waals surface area (Å²) in [6, 6.07) is 3.99. The third-order valence-corrected chi connectivity index (χ3v) is 3.73. The van der Waals surface area contributed by atoms with Crippen LogP contribution in [0.3, 0.4) is 0 Å². The van der Waals surface area contributed by atoms with E-state index in [9.17, 15) is 13.6 Å². The molecule has 6 nitrogen and oxygen atoms in total. The Kier molecular flexibility index (Phi) is 5.54. The molecule has 1 heterocycles. The number of nitrogens with zero attached hydrogens (tertiary/aromatic N) is 2. The SMILES string of the molecule is COc1cc(C(=O)NCc2c(Br)cnn2C)ccc1OC(F)F. The summed E-state index contributed by atoms with van der Waals surface area (Å²) < 4.78 is 36.2. The molecule has 0 aliphatic rings. The van der Waals surface area contributed by atoms with Crippen LogP contribution in [0.25, 0.3) is 0 Å². The van der Waals surface area contributed by atoms with Crippen LogP contribution in [0, 0.1) is 0 Å². The maximum absolute atomic E-state index is 12.3. The Labute approximate surface area is 139 Å². The molecule has 0 spiro atoms. The fourth-order valence-corrected chi connectivity index (χ4v) is 2.39. The maximum Gasteiger partial charge on any atom is 0.387 e. The van der Waals surface area contributed by atoms with Crippen LogP contribution in [0.15, 0.2) is 28.9 Å². The lowest BCUT2D eigenvalue weighted by Gasteiger charge is -2.11. The van der Waals surface area contributed by atoms with Crippen LogP contribution < -0.4 is 14.8 Å². The number of benzene rings is 1. The van der Waals surface area contributed by atoms with Crippen molar-refractivity contribution < 1.29 is 23.0 Å². The average Bonchev–Trinajstić information content (AvgIpc) is 2.83. The number of aromatic nitrogens is 2. The molecule has 2 rings (SSSR count). The Morgan fingerprint density at radius 3 is 2.74 bits per heavy atom. The number of hydrogen-bond acceptors (Lipinski definition) is 4. The lowest BCUT2D eigenvalue weighted by Crippen LogP contribution is -2.24. The Hall–Kier alpha value is -2.16. The van der Waals surface area contributed by atoms with Gasteiger partial charge in [-0.05, 0) is 34.1 Å². The van der Waals surface area contributed by atoms with E-state index in [0.717, 1.165) is 10.2 Å². The minimum absolute atomic E-state index is 0.0552. The zero-order valence-electron chi connectivity index (χ0n) is 12.3. The molecule has 0 aliphatic carbocycles. The number of carbonyl (C=O) groups excluding carboxylic acids is 1. The van der Waals surface area contributed by atoms with Gasteiger partial charge in [0, 0.05) is 12.6 Å². The third-order valence-electron chi connectivity index (χ3n) is 3.07. The predicted octanol–water partition coefficient (Wildman–Crippen LogP) is 2.72. The van der Waals surface area contributed by atoms with Gasteiger partial charge >= 0.3 is 6.61 Å². The van der Waals surface area contributed by atoms with Crippen LogP contribution in [-0.4, -0.2) is 29.4 Å². The largest absolute Gasteiger partial charge is 0.493 e. The first-order valence-electron chi connectivity index (χ1n) is 6.49. The number of alkyl halides is 2. The number of amides is 1. The Balaban J connectivity index is 2.10. The summed E-state index contributed by atoms with van der Waals surface area (Å²) >= 11 is 3.34. The minimum atomic E-state index is -2.97. The second-order valence-corrected chi connectivity index (χ2v) is 5.34. The first-order valence-corrected chi connectivity index (χ1v) is 7.29. The van der Waals surface area contributed by atoms with Crippen LogP contribution in [0.2, 0.25) is 0 Å². The standard InChI is InChI=1S/C14H14BrF2N3O3/c1-20-10(9(15)6-19-20)7-18-13(21)8-3-4-11(23-14(16)17)12(5-8)22-2/h3-6,14H,7H2,1-2H3,(H,18,21). The maximum atomic E-state index is 12.3. The fraction of sp³-hybridized carbons (Fsp3) is 0.286. The van der Waals surface area contributed by atoms with Gasteiger partial charge in [0.2, 0.25) is 0 Å². The number of methoxy groups -OCH3 is 1. The minimum Gasteiger partial charge on any atom is -0.493 e. The molecule has 1 N–H and O–H groups in total. The number of ether oxygens (including phenoxy) is 2. The van der Waals surface area contributed by atoms with E-state index in [1.54, 1.807) is 17.9 Å². The monoisotopic (exact) mass is 389 g/mol. The van der Waals surface area contributed by atoms with Crippen molar-refractivity contribution in [2.75, 3.05) is 7.11 Å². The number of aryl methyl sites for hydroxylation is 1. The number of carbonyl (C=O) groups is 1. The van der Waals surface area contributed by atoms with Crippen molar-refractivity contribution in [3.8, 4) is 11.5 Å². The van der Waals surface area contributed by atoms with Gasteiger partial charge in [0.05, 0.1) is 30.0 Å². The zero-order valence-corrected chi connectivity index (χ0v) is 13.9. The first kappa shape index (κ1) is 17.2. The molecule has 0 atom stereocenters. The van der Waals surface area contributed by atoms with E-state index < -0.39 is 6.61 Å². The van der Waals surface area contributed by atoms with E-state index in [1.165, 1.54) is 25.3 Å². The van der Waals surface area contributed by atoms with E-state index in [4.69, 9.17) is 4.74 Å². The lowest BCUT2D eigenvalue weighted by atomic mass is 10.2. The van der Waals surface area contributed by atoms with E-state index in [0.29, 0.717) is 0 Å². The highest BCUT2D eigenvalue weighted by Crippen LogP contribution is 2.29. The van der Waals surface area contributed by atoms with Crippen LogP contribution >= 0.6 is 15.9 Å². The van der Waals surface area contributed by atoms with Gasteiger partial charge in [-0.3, -0.25) is 9.48 Å². The molecular formula is C14H14BrF2N3O3. The summed E-state index contributed by atoms with van der Waals surface area (Å²) in [5.74, 6) is -0.451. The van der Waals surface area contributed by atoms with Gasteiger partial charge in [-0.25, -0.2) is 0 Å². The normalized spacial score (nSPS) is 10.7. The van der Waals surface area contributed by atoms with E-state index in [1.807, 2.05) is 0 Å². The van der Waals surface area contributed by atoms with Crippen molar-refractivity contribution in [3.63, 3.8) is 0 Å². The molecule has 0 aliphatic heterocycles. The lowest BCUT2D eigenvalue weighted by molar-refractivity contribution is -0.0512. The molecule has 0 saturated carbocycles. The van der Waals surface area contributed by atoms with Gasteiger partial charge in [0.15, 0.2) is 11.5 Å². The number of rotatable bonds is 6. The van der Waals surface area contributed by atoms with Crippen molar-refractivity contribution >= 4 is 21.8 Å². The molecule has 0 radical (unpaired) electrons. The van der Waals surface area contributed by atoms with Gasteiger partial charge in [-0.1, -0.05) is 0 Å². The summed E-state index contributed by atoms with van der Waals surface area (Å²) in [5, 5.41) is 6.76. The molecule has 0 bridgehead atoms. The molecule has 1 aromatic heterocycles. The molecule has 0 fully saturated rings. The second kappa shape index (κ2) is 7.40. The molecular weight excluding hydrogens is 376 g/mol. The van der Waals surface area contributed by atoms with Crippen molar-refractivity contribution in [1.82, 2.24) is 15.1 Å². The Bertz CT molecular complexity index is 687. The smallest absolute Gasteiger partial charge is 0.387 e. The summed E-state index contributed by atoms with van der Waals surface area (Å²) in [4.78, 5) is 12.2. The van der Waals surface area contributed by atoms with Crippen LogP contribution in [0.4, 0.5) is 8.78 Å². The van der Waals surface area contributed by atoms with Crippen molar-refractivity contribution in [3.05, 3.63) is 40.1 Å². The van der Waals surface area contributed by atoms with E-state index in [-0.39, 0.29) is 29.5 Å². The van der Waals surface area contributed by atoms with Crippen molar-refractivity contribution in [2.24, 2.45) is 7.05 Å². The van der Waals surface area contributed by atoms with Gasteiger partial charge in [0.1, 0.15) is 0 Å². The highest BCUT2D eigenvalue weighted by Gasteiger charge is 2.15. The number of hydrogen-bond donors (Lipinski definition) is 1. The van der Waals surface area contributed by atoms with E-state index >= 15 is 0 Å². The van der Waals surface area contributed by atoms with Gasteiger partial charge in [0.25, 0.3) is 5.91 Å². The molecule has 1 aromatic carbocycles. The highest BCUT2D eigenvalue weighted by molar-refractivity contribution is 9.10. The van der Waals surface area contributed by atoms with Crippen LogP contribution in [-0.2, 0) is 13.6 Å². The van der Waals surface area contributed by atoms with Crippen molar-refractivity contribution in [2.45, 2.75) is 13.2 Å². The molecule has 9 heteroatoms. The molecule has 0 unspecified atom stereocenters. The van der Waals surface area contributed by atoms with Gasteiger partial charge < -0.3 is 14.8 Å². The van der Waals surface area contributed by atoms with Gasteiger partial charge in [-0.2, -0.15) is 13.9 Å². The average molecular weight is 390 g/mol. The predicted molar refractivity (Wildman–Crippen MR) is 81.7 cm³/mol. The molecule has 2 aromatic rings. The molecule has 1 amide bonds. The fourth-order valence-electron chi connectivity index (χ4n) is 1.90. The quantitative estimate of drug-likeness (QED) is 0.824. The molecule has 0 saturated heterocycles. The summed E-state index contributed by atoms with van der Waals surface area (Å²) in [6.45, 7) is -2.71. The summed E-state index contributed by atoms with van der Waals surface area (Å²) in [6.07, 6.45) is 1.63. The van der Waals surface area contributed by atoms with Crippen molar-refractivity contribution in [1.29, 1.82) is 0 Å². The number of nitrogens with one attached hydrogen (secondary N) is 1. The van der Waals surface area contributed by atoms with Gasteiger partial charge in [-0.15, -0.1) is 0 Å². The summed E-state index contributed by atoms with van der Waals surface area (Å²) in [7, 11) is 3.06. The second-order valence-electron chi connectivity index (χ2n) is 4.49. The van der Waals surface area contributed by atoms with Crippen LogP contribution in [0.1, 0.15) is 16.1 Å². The third kappa shape index (κ3) is 4.19. The van der Waals surface area contributed by atoms with E-state index in [2.05, 4.69) is 31.1 Å². The molecule has 124 valence electrons. The van der Waals surface area contributed by atoms with Crippen LogP contribution in [0.5, 0.6) is 11.5 Å². The molecule has 23 heavy (non-hydrogen) atoms. The highest BCUT2D eigenvalue weighted by atomic mass is 79.9. The Morgan fingerprint density at radius 1 is 1.43 bits per heavy atom. The topological polar surface area (TPSA) is 65.4 Å². The number of halogens is 3. The first-order chi connectivity index (χ1) is 10.9. The summed E-state index contributed by atoms with van der Waals surface area (Å²) in [5.41, 5.74) is 1.06.